The first kappa shape index (κ1) is 24.2. The number of amides is 2. The molecule has 0 aromatic heterocycles. The lowest BCUT2D eigenvalue weighted by molar-refractivity contribution is -0.116. The van der Waals surface area contributed by atoms with E-state index in [9.17, 15) is 18.0 Å². The number of nitrogens with one attached hydrogen (secondary N) is 1. The highest BCUT2D eigenvalue weighted by atomic mass is 32.2. The molecular weight excluding hydrogens is 458 g/mol. The molecule has 0 aliphatic carbocycles. The first-order valence-corrected chi connectivity index (χ1v) is 13.0. The Bertz CT molecular complexity index is 1110. The molecule has 2 fully saturated rings. The van der Waals surface area contributed by atoms with Gasteiger partial charge in [-0.2, -0.15) is 0 Å². The van der Waals surface area contributed by atoms with Gasteiger partial charge in [0.15, 0.2) is 0 Å². The van der Waals surface area contributed by atoms with Crippen LogP contribution in [0.4, 0.5) is 5.69 Å². The molecule has 4 rings (SSSR count). The van der Waals surface area contributed by atoms with Crippen molar-refractivity contribution in [3.8, 4) is 5.75 Å². The number of hydrogen-bond donors (Lipinski definition) is 1. The van der Waals surface area contributed by atoms with Gasteiger partial charge in [0.2, 0.25) is 15.9 Å². The molecular formula is C24H29N3O6S. The Labute approximate surface area is 199 Å². The van der Waals surface area contributed by atoms with Crippen LogP contribution >= 0.6 is 0 Å². The Morgan fingerprint density at radius 1 is 1.09 bits per heavy atom. The van der Waals surface area contributed by atoms with E-state index in [2.05, 4.69) is 10.2 Å². The third kappa shape index (κ3) is 5.40. The summed E-state index contributed by atoms with van der Waals surface area (Å²) in [5.41, 5.74) is 1.71. The van der Waals surface area contributed by atoms with Crippen molar-refractivity contribution in [2.75, 3.05) is 49.5 Å². The normalized spacial score (nSPS) is 19.1. The number of ether oxygens (including phenoxy) is 2. The van der Waals surface area contributed by atoms with E-state index in [1.54, 1.807) is 0 Å². The molecule has 1 N–H and O–H groups in total. The Morgan fingerprint density at radius 3 is 2.35 bits per heavy atom. The maximum atomic E-state index is 12.9. The number of nitrogens with zero attached hydrogens (tertiary/aromatic N) is 2. The van der Waals surface area contributed by atoms with E-state index in [0.717, 1.165) is 28.7 Å². The zero-order valence-electron chi connectivity index (χ0n) is 19.1. The summed E-state index contributed by atoms with van der Waals surface area (Å²) in [5.74, 6) is -0.121. The molecule has 1 unspecified atom stereocenters. The van der Waals surface area contributed by atoms with Crippen LogP contribution in [0.1, 0.15) is 35.3 Å². The Balaban J connectivity index is 1.45. The molecule has 34 heavy (non-hydrogen) atoms. The predicted octanol–water partition coefficient (Wildman–Crippen LogP) is 1.96. The second kappa shape index (κ2) is 10.5. The number of morpholine rings is 1. The SMILES string of the molecule is CCOc1ccc(C(CNC(=O)c2ccc(N3C(=O)CCS3(=O)=O)cc2)N2CCOCC2)cc1. The summed E-state index contributed by atoms with van der Waals surface area (Å²) in [7, 11) is -3.64. The van der Waals surface area contributed by atoms with Gasteiger partial charge in [0.25, 0.3) is 5.91 Å². The molecule has 2 aliphatic heterocycles. The number of carbonyl (C=O) groups is 2. The summed E-state index contributed by atoms with van der Waals surface area (Å²) < 4.78 is 36.1. The van der Waals surface area contributed by atoms with E-state index in [1.165, 1.54) is 24.3 Å². The van der Waals surface area contributed by atoms with Crippen molar-refractivity contribution in [3.05, 3.63) is 59.7 Å². The van der Waals surface area contributed by atoms with E-state index in [0.29, 0.717) is 31.9 Å². The van der Waals surface area contributed by atoms with E-state index in [-0.39, 0.29) is 29.8 Å². The topological polar surface area (TPSA) is 105 Å². The maximum absolute atomic E-state index is 12.9. The molecule has 2 heterocycles. The number of hydrogen-bond acceptors (Lipinski definition) is 7. The van der Waals surface area contributed by atoms with Gasteiger partial charge in [-0.25, -0.2) is 12.7 Å². The monoisotopic (exact) mass is 487 g/mol. The maximum Gasteiger partial charge on any atom is 0.251 e. The highest BCUT2D eigenvalue weighted by molar-refractivity contribution is 7.94. The second-order valence-electron chi connectivity index (χ2n) is 8.15. The Hall–Kier alpha value is -2.95. The van der Waals surface area contributed by atoms with Crippen molar-refractivity contribution in [2.45, 2.75) is 19.4 Å². The minimum atomic E-state index is -3.64. The third-order valence-corrected chi connectivity index (χ3v) is 7.65. The number of benzene rings is 2. The lowest BCUT2D eigenvalue weighted by atomic mass is 10.0. The van der Waals surface area contributed by atoms with Gasteiger partial charge in [0.1, 0.15) is 5.75 Å². The number of anilines is 1. The summed E-state index contributed by atoms with van der Waals surface area (Å²) >= 11 is 0. The lowest BCUT2D eigenvalue weighted by Gasteiger charge is -2.35. The van der Waals surface area contributed by atoms with Gasteiger partial charge < -0.3 is 14.8 Å². The first-order chi connectivity index (χ1) is 16.4. The zero-order chi connectivity index (χ0) is 24.1. The van der Waals surface area contributed by atoms with Crippen molar-refractivity contribution in [1.82, 2.24) is 10.2 Å². The minimum absolute atomic E-state index is 0.0287. The molecule has 2 aliphatic rings. The number of sulfonamides is 1. The molecule has 2 saturated heterocycles. The smallest absolute Gasteiger partial charge is 0.251 e. The van der Waals surface area contributed by atoms with Crippen molar-refractivity contribution in [1.29, 1.82) is 0 Å². The molecule has 1 atom stereocenters. The van der Waals surface area contributed by atoms with Gasteiger partial charge in [-0.15, -0.1) is 0 Å². The Kier molecular flexibility index (Phi) is 7.50. The molecule has 0 radical (unpaired) electrons. The minimum Gasteiger partial charge on any atom is -0.494 e. The van der Waals surface area contributed by atoms with Crippen LogP contribution in [-0.4, -0.2) is 70.3 Å². The molecule has 2 aromatic carbocycles. The molecule has 0 bridgehead atoms. The fourth-order valence-electron chi connectivity index (χ4n) is 4.21. The average molecular weight is 488 g/mol. The van der Waals surface area contributed by atoms with Crippen molar-refractivity contribution >= 4 is 27.5 Å². The second-order valence-corrected chi connectivity index (χ2v) is 10.1. The largest absolute Gasteiger partial charge is 0.494 e. The van der Waals surface area contributed by atoms with Gasteiger partial charge in [-0.05, 0) is 48.9 Å². The van der Waals surface area contributed by atoms with E-state index < -0.39 is 15.9 Å². The molecule has 182 valence electrons. The molecule has 0 spiro atoms. The van der Waals surface area contributed by atoms with Gasteiger partial charge in [0.05, 0.1) is 37.3 Å². The first-order valence-electron chi connectivity index (χ1n) is 11.4. The van der Waals surface area contributed by atoms with E-state index >= 15 is 0 Å². The summed E-state index contributed by atoms with van der Waals surface area (Å²) in [6.07, 6.45) is -0.0287. The lowest BCUT2D eigenvalue weighted by Crippen LogP contribution is -2.43. The highest BCUT2D eigenvalue weighted by Gasteiger charge is 2.36. The predicted molar refractivity (Wildman–Crippen MR) is 127 cm³/mol. The summed E-state index contributed by atoms with van der Waals surface area (Å²) in [4.78, 5) is 27.1. The van der Waals surface area contributed by atoms with E-state index in [4.69, 9.17) is 9.47 Å². The quantitative estimate of drug-likeness (QED) is 0.607. The van der Waals surface area contributed by atoms with Gasteiger partial charge >= 0.3 is 0 Å². The fourth-order valence-corrected chi connectivity index (χ4v) is 5.67. The standard InChI is InChI=1S/C24H29N3O6S/c1-2-33-21-9-5-18(6-10-21)22(26-12-14-32-15-13-26)17-25-24(29)19-3-7-20(8-4-19)27-23(28)11-16-34(27,30)31/h3-10,22H,2,11-17H2,1H3,(H,25,29). The fraction of sp³-hybridized carbons (Fsp3) is 0.417. The Morgan fingerprint density at radius 2 is 1.76 bits per heavy atom. The summed E-state index contributed by atoms with van der Waals surface area (Å²) in [5, 5.41) is 3.00. The highest BCUT2D eigenvalue weighted by Crippen LogP contribution is 2.26. The van der Waals surface area contributed by atoms with Crippen LogP contribution in [0.15, 0.2) is 48.5 Å². The van der Waals surface area contributed by atoms with Crippen LogP contribution in [0.2, 0.25) is 0 Å². The zero-order valence-corrected chi connectivity index (χ0v) is 19.9. The molecule has 0 saturated carbocycles. The summed E-state index contributed by atoms with van der Waals surface area (Å²) in [6.45, 7) is 5.74. The van der Waals surface area contributed by atoms with Gasteiger partial charge in [-0.1, -0.05) is 12.1 Å². The van der Waals surface area contributed by atoms with Crippen LogP contribution in [0.25, 0.3) is 0 Å². The van der Waals surface area contributed by atoms with Crippen molar-refractivity contribution in [2.24, 2.45) is 0 Å². The van der Waals surface area contributed by atoms with E-state index in [1.807, 2.05) is 31.2 Å². The van der Waals surface area contributed by atoms with Crippen LogP contribution in [0.5, 0.6) is 5.75 Å². The van der Waals surface area contributed by atoms with Crippen molar-refractivity contribution < 1.29 is 27.5 Å². The van der Waals surface area contributed by atoms with Gasteiger partial charge in [0, 0.05) is 31.6 Å². The van der Waals surface area contributed by atoms with Gasteiger partial charge in [-0.3, -0.25) is 14.5 Å². The molecule has 2 amide bonds. The molecule has 9 nitrogen and oxygen atoms in total. The van der Waals surface area contributed by atoms with Crippen LogP contribution < -0.4 is 14.4 Å². The van der Waals surface area contributed by atoms with Crippen LogP contribution in [0, 0.1) is 0 Å². The van der Waals surface area contributed by atoms with Crippen molar-refractivity contribution in [3.63, 3.8) is 0 Å². The molecule has 10 heteroatoms. The third-order valence-electron chi connectivity index (χ3n) is 5.96. The number of carbonyl (C=O) groups excluding carboxylic acids is 2. The van der Waals surface area contributed by atoms with Crippen LogP contribution in [0.3, 0.4) is 0 Å². The number of rotatable bonds is 8. The average Bonchev–Trinajstić information content (AvgIpc) is 3.13. The molecule has 2 aromatic rings. The van der Waals surface area contributed by atoms with Crippen LogP contribution in [-0.2, 0) is 19.6 Å². The summed E-state index contributed by atoms with van der Waals surface area (Å²) in [6, 6.07) is 13.9.